The second kappa shape index (κ2) is 4.42. The maximum Gasteiger partial charge on any atom is 0.123 e. The van der Waals surface area contributed by atoms with Gasteiger partial charge in [0, 0.05) is 11.1 Å². The molecule has 0 radical (unpaired) electrons. The number of hydrogen-bond donors (Lipinski definition) is 1. The van der Waals surface area contributed by atoms with Crippen LogP contribution in [-0.2, 0) is 0 Å². The smallest absolute Gasteiger partial charge is 0.123 e. The summed E-state index contributed by atoms with van der Waals surface area (Å²) in [4.78, 5) is 0. The van der Waals surface area contributed by atoms with E-state index in [4.69, 9.17) is 16.3 Å². The number of nitrogens with one attached hydrogen (secondary N) is 1. The summed E-state index contributed by atoms with van der Waals surface area (Å²) in [5.41, 5.74) is 2.47. The SMILES string of the molecule is COc1cc(Cl)cc(C2CCCN2)c1C. The fraction of sp³-hybridized carbons (Fsp3) is 0.500. The molecule has 1 atom stereocenters. The summed E-state index contributed by atoms with van der Waals surface area (Å²) in [6, 6.07) is 4.36. The minimum absolute atomic E-state index is 0.442. The molecule has 1 unspecified atom stereocenters. The van der Waals surface area contributed by atoms with Gasteiger partial charge < -0.3 is 10.1 Å². The summed E-state index contributed by atoms with van der Waals surface area (Å²) in [6.45, 7) is 3.18. The molecule has 1 aromatic rings. The maximum absolute atomic E-state index is 6.07. The molecule has 1 saturated heterocycles. The number of hydrogen-bond acceptors (Lipinski definition) is 2. The van der Waals surface area contributed by atoms with Crippen LogP contribution in [0.15, 0.2) is 12.1 Å². The van der Waals surface area contributed by atoms with Crippen LogP contribution in [0, 0.1) is 6.92 Å². The number of rotatable bonds is 2. The Morgan fingerprint density at radius 1 is 1.47 bits per heavy atom. The summed E-state index contributed by atoms with van der Waals surface area (Å²) in [5, 5.41) is 4.23. The molecule has 82 valence electrons. The highest BCUT2D eigenvalue weighted by Crippen LogP contribution is 2.33. The highest BCUT2D eigenvalue weighted by molar-refractivity contribution is 6.30. The van der Waals surface area contributed by atoms with Crippen molar-refractivity contribution in [1.82, 2.24) is 5.32 Å². The van der Waals surface area contributed by atoms with Gasteiger partial charge in [0.1, 0.15) is 5.75 Å². The normalized spacial score (nSPS) is 20.6. The average Bonchev–Trinajstić information content (AvgIpc) is 2.74. The van der Waals surface area contributed by atoms with E-state index in [9.17, 15) is 0 Å². The molecule has 2 rings (SSSR count). The third kappa shape index (κ3) is 2.11. The van der Waals surface area contributed by atoms with E-state index in [2.05, 4.69) is 12.2 Å². The predicted octanol–water partition coefficient (Wildman–Crippen LogP) is 3.08. The first-order valence-corrected chi connectivity index (χ1v) is 5.67. The Hall–Kier alpha value is -0.730. The van der Waals surface area contributed by atoms with Crippen LogP contribution in [0.5, 0.6) is 5.75 Å². The van der Waals surface area contributed by atoms with E-state index in [0.29, 0.717) is 6.04 Å². The second-order valence-corrected chi connectivity index (χ2v) is 4.41. The van der Waals surface area contributed by atoms with Crippen molar-refractivity contribution in [1.29, 1.82) is 0 Å². The lowest BCUT2D eigenvalue weighted by Crippen LogP contribution is -2.14. The van der Waals surface area contributed by atoms with Crippen LogP contribution in [0.3, 0.4) is 0 Å². The van der Waals surface area contributed by atoms with Gasteiger partial charge in [-0.2, -0.15) is 0 Å². The van der Waals surface area contributed by atoms with Crippen LogP contribution in [0.4, 0.5) is 0 Å². The quantitative estimate of drug-likeness (QED) is 0.835. The van der Waals surface area contributed by atoms with E-state index in [0.717, 1.165) is 17.3 Å². The van der Waals surface area contributed by atoms with Crippen LogP contribution >= 0.6 is 11.6 Å². The zero-order chi connectivity index (χ0) is 10.8. The second-order valence-electron chi connectivity index (χ2n) is 3.97. The van der Waals surface area contributed by atoms with Crippen molar-refractivity contribution in [2.45, 2.75) is 25.8 Å². The van der Waals surface area contributed by atoms with Crippen LogP contribution in [0.1, 0.15) is 30.0 Å². The van der Waals surface area contributed by atoms with E-state index in [1.165, 1.54) is 24.0 Å². The summed E-state index contributed by atoms with van der Waals surface area (Å²) in [5.74, 6) is 0.881. The van der Waals surface area contributed by atoms with Crippen molar-refractivity contribution in [2.24, 2.45) is 0 Å². The first-order valence-electron chi connectivity index (χ1n) is 5.30. The fourth-order valence-electron chi connectivity index (χ4n) is 2.20. The molecule has 2 nitrogen and oxygen atoms in total. The Labute approximate surface area is 95.6 Å². The summed E-state index contributed by atoms with van der Waals surface area (Å²) >= 11 is 6.07. The molecule has 0 saturated carbocycles. The van der Waals surface area contributed by atoms with Crippen molar-refractivity contribution >= 4 is 11.6 Å². The minimum Gasteiger partial charge on any atom is -0.496 e. The standard InChI is InChI=1S/C12H16ClNO/c1-8-10(11-4-3-5-14-11)6-9(13)7-12(8)15-2/h6-7,11,14H,3-5H2,1-2H3. The lowest BCUT2D eigenvalue weighted by Gasteiger charge is -2.16. The molecule has 1 fully saturated rings. The average molecular weight is 226 g/mol. The van der Waals surface area contributed by atoms with E-state index in [1.54, 1.807) is 7.11 Å². The molecule has 3 heteroatoms. The summed E-state index contributed by atoms with van der Waals surface area (Å²) < 4.78 is 5.31. The van der Waals surface area contributed by atoms with Gasteiger partial charge >= 0.3 is 0 Å². The first-order chi connectivity index (χ1) is 7.22. The molecule has 1 aliphatic heterocycles. The predicted molar refractivity (Wildman–Crippen MR) is 62.7 cm³/mol. The molecule has 0 aromatic heterocycles. The van der Waals surface area contributed by atoms with Gasteiger partial charge in [0.25, 0.3) is 0 Å². The molecule has 0 bridgehead atoms. The van der Waals surface area contributed by atoms with E-state index in [1.807, 2.05) is 12.1 Å². The Morgan fingerprint density at radius 2 is 2.27 bits per heavy atom. The molecule has 1 N–H and O–H groups in total. The van der Waals surface area contributed by atoms with Gasteiger partial charge in [-0.25, -0.2) is 0 Å². The van der Waals surface area contributed by atoms with Gasteiger partial charge in [-0.05, 0) is 49.6 Å². The Kier molecular flexibility index (Phi) is 3.17. The Balaban J connectivity index is 2.40. The summed E-state index contributed by atoms with van der Waals surface area (Å²) in [6.07, 6.45) is 2.42. The van der Waals surface area contributed by atoms with Crippen LogP contribution in [0.2, 0.25) is 5.02 Å². The van der Waals surface area contributed by atoms with Crippen LogP contribution < -0.4 is 10.1 Å². The van der Waals surface area contributed by atoms with Crippen LogP contribution in [-0.4, -0.2) is 13.7 Å². The van der Waals surface area contributed by atoms with Gasteiger partial charge in [-0.3, -0.25) is 0 Å². The largest absolute Gasteiger partial charge is 0.496 e. The third-order valence-corrected chi connectivity index (χ3v) is 3.24. The molecule has 1 heterocycles. The maximum atomic E-state index is 6.07. The Bertz CT molecular complexity index is 359. The van der Waals surface area contributed by atoms with Crippen molar-refractivity contribution in [2.75, 3.05) is 13.7 Å². The first kappa shape index (κ1) is 10.8. The highest BCUT2D eigenvalue weighted by atomic mass is 35.5. The topological polar surface area (TPSA) is 21.3 Å². The monoisotopic (exact) mass is 225 g/mol. The molecular formula is C12H16ClNO. The number of methoxy groups -OCH3 is 1. The molecule has 1 aromatic carbocycles. The zero-order valence-electron chi connectivity index (χ0n) is 9.14. The molecule has 1 aliphatic rings. The van der Waals surface area contributed by atoms with Crippen molar-refractivity contribution in [3.8, 4) is 5.75 Å². The zero-order valence-corrected chi connectivity index (χ0v) is 9.90. The van der Waals surface area contributed by atoms with Crippen molar-refractivity contribution in [3.63, 3.8) is 0 Å². The lowest BCUT2D eigenvalue weighted by molar-refractivity contribution is 0.410. The Morgan fingerprint density at radius 3 is 2.87 bits per heavy atom. The van der Waals surface area contributed by atoms with Gasteiger partial charge in [0.15, 0.2) is 0 Å². The van der Waals surface area contributed by atoms with E-state index < -0.39 is 0 Å². The van der Waals surface area contributed by atoms with Crippen LogP contribution in [0.25, 0.3) is 0 Å². The van der Waals surface area contributed by atoms with E-state index >= 15 is 0 Å². The van der Waals surface area contributed by atoms with E-state index in [-0.39, 0.29) is 0 Å². The van der Waals surface area contributed by atoms with Gasteiger partial charge in [-0.1, -0.05) is 11.6 Å². The number of ether oxygens (including phenoxy) is 1. The minimum atomic E-state index is 0.442. The van der Waals surface area contributed by atoms with Crippen molar-refractivity contribution in [3.05, 3.63) is 28.3 Å². The molecule has 15 heavy (non-hydrogen) atoms. The third-order valence-electron chi connectivity index (χ3n) is 3.02. The fourth-order valence-corrected chi connectivity index (χ4v) is 2.41. The number of benzene rings is 1. The van der Waals surface area contributed by atoms with Gasteiger partial charge in [-0.15, -0.1) is 0 Å². The summed E-state index contributed by atoms with van der Waals surface area (Å²) in [7, 11) is 1.69. The molecule has 0 aliphatic carbocycles. The van der Waals surface area contributed by atoms with Gasteiger partial charge in [0.2, 0.25) is 0 Å². The molecule has 0 amide bonds. The number of halogens is 1. The molecular weight excluding hydrogens is 210 g/mol. The highest BCUT2D eigenvalue weighted by Gasteiger charge is 2.20. The molecule has 0 spiro atoms. The van der Waals surface area contributed by atoms with Gasteiger partial charge in [0.05, 0.1) is 7.11 Å². The van der Waals surface area contributed by atoms with Crippen molar-refractivity contribution < 1.29 is 4.74 Å². The lowest BCUT2D eigenvalue weighted by atomic mass is 9.99.